The SMILES string of the molecule is CC(C)CC(NC(=O)C(Cc1ccc(O)cc1)NC(=O)C1CCCN1)C(=O)NC(C(=O)O)C(C)O. The first kappa shape index (κ1) is 28.1. The molecule has 0 radical (unpaired) electrons. The second-order valence-corrected chi connectivity index (χ2v) is 9.34. The van der Waals surface area contributed by atoms with Crippen LogP contribution in [0, 0.1) is 5.92 Å². The van der Waals surface area contributed by atoms with Gasteiger partial charge in [0.25, 0.3) is 0 Å². The highest BCUT2D eigenvalue weighted by atomic mass is 16.4. The first-order chi connectivity index (χ1) is 16.5. The highest BCUT2D eigenvalue weighted by Crippen LogP contribution is 2.13. The zero-order chi connectivity index (χ0) is 26.1. The summed E-state index contributed by atoms with van der Waals surface area (Å²) in [7, 11) is 0. The van der Waals surface area contributed by atoms with Crippen molar-refractivity contribution < 1.29 is 34.5 Å². The predicted molar refractivity (Wildman–Crippen MR) is 127 cm³/mol. The van der Waals surface area contributed by atoms with Gasteiger partial charge in [-0.15, -0.1) is 0 Å². The molecule has 35 heavy (non-hydrogen) atoms. The Morgan fingerprint density at radius 3 is 2.14 bits per heavy atom. The van der Waals surface area contributed by atoms with E-state index in [-0.39, 0.29) is 30.4 Å². The normalized spacial score (nSPS) is 18.8. The number of hydrogen-bond donors (Lipinski definition) is 7. The third-order valence-electron chi connectivity index (χ3n) is 5.77. The fourth-order valence-corrected chi connectivity index (χ4v) is 3.88. The number of aliphatic hydroxyl groups excluding tert-OH is 1. The van der Waals surface area contributed by atoms with E-state index >= 15 is 0 Å². The van der Waals surface area contributed by atoms with Crippen molar-refractivity contribution in [3.05, 3.63) is 29.8 Å². The van der Waals surface area contributed by atoms with Crippen LogP contribution in [0.25, 0.3) is 0 Å². The molecule has 1 heterocycles. The quantitative estimate of drug-likeness (QED) is 0.207. The van der Waals surface area contributed by atoms with Gasteiger partial charge in [0.05, 0.1) is 12.1 Å². The van der Waals surface area contributed by atoms with Gasteiger partial charge in [-0.05, 0) is 56.3 Å². The van der Waals surface area contributed by atoms with Crippen LogP contribution in [0.4, 0.5) is 0 Å². The number of phenolic OH excluding ortho intramolecular Hbond substituents is 1. The first-order valence-corrected chi connectivity index (χ1v) is 11.8. The number of aromatic hydroxyl groups is 1. The van der Waals surface area contributed by atoms with Crippen molar-refractivity contribution in [1.29, 1.82) is 0 Å². The standard InChI is InChI=1S/C24H36N4O7/c1-13(2)11-18(23(33)28-20(14(3)29)24(34)35)26-22(32)19(12-15-6-8-16(30)9-7-15)27-21(31)17-5-4-10-25-17/h6-9,13-14,17-20,25,29-30H,4-5,10-12H2,1-3H3,(H,26,32)(H,27,31)(H,28,33)(H,34,35). The van der Waals surface area contributed by atoms with Crippen molar-refractivity contribution >= 4 is 23.7 Å². The second-order valence-electron chi connectivity index (χ2n) is 9.34. The van der Waals surface area contributed by atoms with E-state index in [2.05, 4.69) is 21.3 Å². The molecule has 0 aromatic heterocycles. The van der Waals surface area contributed by atoms with Crippen LogP contribution < -0.4 is 21.3 Å². The van der Waals surface area contributed by atoms with Gasteiger partial charge in [-0.25, -0.2) is 4.79 Å². The fraction of sp³-hybridized carbons (Fsp3) is 0.583. The minimum Gasteiger partial charge on any atom is -0.508 e. The maximum Gasteiger partial charge on any atom is 0.328 e. The Morgan fingerprint density at radius 1 is 1.00 bits per heavy atom. The van der Waals surface area contributed by atoms with E-state index in [1.165, 1.54) is 19.1 Å². The van der Waals surface area contributed by atoms with E-state index in [9.17, 15) is 34.5 Å². The van der Waals surface area contributed by atoms with Gasteiger partial charge in [0.1, 0.15) is 17.8 Å². The molecule has 3 amide bonds. The summed E-state index contributed by atoms with van der Waals surface area (Å²) >= 11 is 0. The first-order valence-electron chi connectivity index (χ1n) is 11.8. The van der Waals surface area contributed by atoms with Gasteiger partial charge in [-0.2, -0.15) is 0 Å². The van der Waals surface area contributed by atoms with Gasteiger partial charge < -0.3 is 36.6 Å². The van der Waals surface area contributed by atoms with E-state index < -0.39 is 48.1 Å². The molecule has 194 valence electrons. The lowest BCUT2D eigenvalue weighted by Gasteiger charge is -2.26. The molecule has 1 saturated heterocycles. The molecule has 7 N–H and O–H groups in total. The number of phenols is 1. The number of benzene rings is 1. The van der Waals surface area contributed by atoms with E-state index in [4.69, 9.17) is 0 Å². The molecule has 1 fully saturated rings. The molecule has 1 aromatic carbocycles. The number of nitrogens with one attached hydrogen (secondary N) is 4. The number of aliphatic hydroxyl groups is 1. The van der Waals surface area contributed by atoms with Crippen LogP contribution in [0.3, 0.4) is 0 Å². The molecule has 5 unspecified atom stereocenters. The zero-order valence-electron chi connectivity index (χ0n) is 20.3. The lowest BCUT2D eigenvalue weighted by Crippen LogP contribution is -2.58. The molecule has 0 bridgehead atoms. The van der Waals surface area contributed by atoms with Gasteiger partial charge in [0.15, 0.2) is 6.04 Å². The maximum absolute atomic E-state index is 13.3. The van der Waals surface area contributed by atoms with Crippen molar-refractivity contribution in [3.63, 3.8) is 0 Å². The Kier molecular flexibility index (Phi) is 10.5. The van der Waals surface area contributed by atoms with Crippen molar-refractivity contribution in [2.45, 2.75) is 76.7 Å². The average Bonchev–Trinajstić information content (AvgIpc) is 3.32. The van der Waals surface area contributed by atoms with Crippen LogP contribution in [0.15, 0.2) is 24.3 Å². The van der Waals surface area contributed by atoms with Crippen LogP contribution in [0.2, 0.25) is 0 Å². The lowest BCUT2D eigenvalue weighted by atomic mass is 10.00. The summed E-state index contributed by atoms with van der Waals surface area (Å²) in [5, 5.41) is 39.3. The number of carboxylic acid groups (broad SMARTS) is 1. The molecule has 0 aliphatic carbocycles. The van der Waals surface area contributed by atoms with Gasteiger partial charge in [0, 0.05) is 6.42 Å². The van der Waals surface area contributed by atoms with Gasteiger partial charge in [0.2, 0.25) is 17.7 Å². The highest BCUT2D eigenvalue weighted by molar-refractivity contribution is 5.94. The molecule has 0 saturated carbocycles. The molecule has 5 atom stereocenters. The lowest BCUT2D eigenvalue weighted by molar-refractivity contribution is -0.145. The highest BCUT2D eigenvalue weighted by Gasteiger charge is 2.33. The van der Waals surface area contributed by atoms with Gasteiger partial charge in [-0.1, -0.05) is 26.0 Å². The summed E-state index contributed by atoms with van der Waals surface area (Å²) in [6.07, 6.45) is 0.484. The molecule has 0 spiro atoms. The number of carboxylic acids is 1. The number of rotatable bonds is 12. The summed E-state index contributed by atoms with van der Waals surface area (Å²) in [6.45, 7) is 5.64. The van der Waals surface area contributed by atoms with Gasteiger partial charge >= 0.3 is 5.97 Å². The van der Waals surface area contributed by atoms with Gasteiger partial charge in [-0.3, -0.25) is 14.4 Å². The molecular formula is C24H36N4O7. The molecule has 11 nitrogen and oxygen atoms in total. The third kappa shape index (κ3) is 8.84. The fourth-order valence-electron chi connectivity index (χ4n) is 3.88. The second kappa shape index (κ2) is 13.1. The number of hydrogen-bond acceptors (Lipinski definition) is 7. The Labute approximate surface area is 204 Å². The Balaban J connectivity index is 2.20. The molecule has 11 heteroatoms. The minimum absolute atomic E-state index is 0.0197. The molecular weight excluding hydrogens is 456 g/mol. The van der Waals surface area contributed by atoms with Crippen molar-refractivity contribution in [2.75, 3.05) is 6.54 Å². The van der Waals surface area contributed by atoms with Crippen LogP contribution in [-0.2, 0) is 25.6 Å². The molecule has 1 aliphatic heterocycles. The summed E-state index contributed by atoms with van der Waals surface area (Å²) < 4.78 is 0. The summed E-state index contributed by atoms with van der Waals surface area (Å²) in [6, 6.07) is 2.18. The zero-order valence-corrected chi connectivity index (χ0v) is 20.3. The van der Waals surface area contributed by atoms with Crippen molar-refractivity contribution in [1.82, 2.24) is 21.3 Å². The Hall–Kier alpha value is -3.18. The number of amides is 3. The predicted octanol–water partition coefficient (Wildman–Crippen LogP) is -0.347. The van der Waals surface area contributed by atoms with E-state index in [1.54, 1.807) is 12.1 Å². The maximum atomic E-state index is 13.3. The monoisotopic (exact) mass is 492 g/mol. The molecule has 2 rings (SSSR count). The molecule has 1 aromatic rings. The summed E-state index contributed by atoms with van der Waals surface area (Å²) in [5.74, 6) is -3.03. The summed E-state index contributed by atoms with van der Waals surface area (Å²) in [5.41, 5.74) is 0.688. The number of carbonyl (C=O) groups is 4. The van der Waals surface area contributed by atoms with E-state index in [0.29, 0.717) is 18.5 Å². The van der Waals surface area contributed by atoms with Crippen LogP contribution in [0.5, 0.6) is 5.75 Å². The van der Waals surface area contributed by atoms with E-state index in [0.717, 1.165) is 6.42 Å². The van der Waals surface area contributed by atoms with Crippen LogP contribution in [0.1, 0.15) is 45.6 Å². The average molecular weight is 493 g/mol. The van der Waals surface area contributed by atoms with Crippen LogP contribution >= 0.6 is 0 Å². The molecule has 1 aliphatic rings. The van der Waals surface area contributed by atoms with Crippen molar-refractivity contribution in [2.24, 2.45) is 5.92 Å². The Morgan fingerprint density at radius 2 is 1.63 bits per heavy atom. The van der Waals surface area contributed by atoms with Crippen molar-refractivity contribution in [3.8, 4) is 5.75 Å². The topological polar surface area (TPSA) is 177 Å². The number of aliphatic carboxylic acids is 1. The largest absolute Gasteiger partial charge is 0.508 e. The van der Waals surface area contributed by atoms with Crippen LogP contribution in [-0.4, -0.2) is 75.8 Å². The smallest absolute Gasteiger partial charge is 0.328 e. The van der Waals surface area contributed by atoms with E-state index in [1.807, 2.05) is 13.8 Å². The minimum atomic E-state index is -1.53. The number of carbonyl (C=O) groups excluding carboxylic acids is 3. The third-order valence-corrected chi connectivity index (χ3v) is 5.77. The summed E-state index contributed by atoms with van der Waals surface area (Å²) in [4.78, 5) is 50.3. The Bertz CT molecular complexity index is 882.